The van der Waals surface area contributed by atoms with Gasteiger partial charge in [0.05, 0.1) is 24.5 Å². The molecule has 1 aliphatic carbocycles. The quantitative estimate of drug-likeness (QED) is 0.204. The monoisotopic (exact) mass is 655 g/mol. The molecule has 1 fully saturated rings. The van der Waals surface area contributed by atoms with Crippen molar-refractivity contribution in [3.63, 3.8) is 0 Å². The van der Waals surface area contributed by atoms with Crippen LogP contribution in [0.25, 0.3) is 0 Å². The molecular formula is C39H34N3O5P. The molecule has 1 spiro atoms. The van der Waals surface area contributed by atoms with Gasteiger partial charge < -0.3 is 14.4 Å². The third kappa shape index (κ3) is 3.88. The average molecular weight is 656 g/mol. The van der Waals surface area contributed by atoms with E-state index in [4.69, 9.17) is 9.47 Å². The number of anilines is 1. The minimum atomic E-state index is -3.56. The standard InChI is InChI=1S/C39H34N3O5P/c1-4-5-25-42-32-24-16-15-23-31(32)38(35(42)44)37(26-40,27-41)33(43)34(39(38,47-3)36(45)46-2)48(28-17-9-6-10-18-28,29-19-11-7-12-20-29)30-21-13-8-14-22-30/h6-24H,4-5,25H2,1-3H3/t38-,39+/m1/s1. The number of Topliss-reactive ketones (excluding diaryl/α,β-unsaturated/α-hetero) is 1. The Labute approximate surface area is 280 Å². The molecule has 1 aliphatic heterocycles. The number of hydrogen-bond acceptors (Lipinski definition) is 7. The summed E-state index contributed by atoms with van der Waals surface area (Å²) in [6.07, 6.45) is 1.34. The summed E-state index contributed by atoms with van der Waals surface area (Å²) >= 11 is 0. The molecule has 0 unspecified atom stereocenters. The molecule has 1 amide bonds. The molecule has 4 aromatic carbocycles. The van der Waals surface area contributed by atoms with Crippen molar-refractivity contribution < 1.29 is 23.9 Å². The predicted octanol–water partition coefficient (Wildman–Crippen LogP) is 4.41. The van der Waals surface area contributed by atoms with Crippen LogP contribution >= 0.6 is 6.89 Å². The molecule has 240 valence electrons. The van der Waals surface area contributed by atoms with Crippen molar-refractivity contribution in [1.82, 2.24) is 0 Å². The number of carbonyl (C=O) groups excluding carboxylic acids is 3. The van der Waals surface area contributed by atoms with Crippen LogP contribution in [0.2, 0.25) is 0 Å². The van der Waals surface area contributed by atoms with E-state index in [1.807, 2.05) is 110 Å². The first-order chi connectivity index (χ1) is 23.3. The first-order valence-electron chi connectivity index (χ1n) is 15.7. The Kier molecular flexibility index (Phi) is 8.44. The molecule has 1 heterocycles. The van der Waals surface area contributed by atoms with Gasteiger partial charge in [-0.1, -0.05) is 123 Å². The minimum absolute atomic E-state index is 0.142. The van der Waals surface area contributed by atoms with Gasteiger partial charge in [0, 0.05) is 19.3 Å². The second-order valence-corrected chi connectivity index (χ2v) is 15.1. The van der Waals surface area contributed by atoms with Crippen LogP contribution in [-0.2, 0) is 29.3 Å². The molecule has 6 rings (SSSR count). The van der Waals surface area contributed by atoms with E-state index in [1.54, 1.807) is 24.3 Å². The Hall–Kier alpha value is -5.27. The molecular weight excluding hydrogens is 621 g/mol. The van der Waals surface area contributed by atoms with E-state index in [0.29, 0.717) is 28.0 Å². The van der Waals surface area contributed by atoms with Crippen molar-refractivity contribution in [2.24, 2.45) is 5.41 Å². The maximum absolute atomic E-state index is 15.8. The normalized spacial score (nSPS) is 21.1. The lowest BCUT2D eigenvalue weighted by Gasteiger charge is -2.44. The molecule has 1 saturated carbocycles. The lowest BCUT2D eigenvalue weighted by Crippen LogP contribution is -2.67. The first kappa shape index (κ1) is 32.7. The lowest BCUT2D eigenvalue weighted by atomic mass is 9.58. The topological polar surface area (TPSA) is 120 Å². The van der Waals surface area contributed by atoms with Gasteiger partial charge >= 0.3 is 5.97 Å². The number of nitrogens with zero attached hydrogens (tertiary/aromatic N) is 3. The van der Waals surface area contributed by atoms with Gasteiger partial charge in [-0.25, -0.2) is 4.79 Å². The number of unbranched alkanes of at least 4 members (excludes halogenated alkanes) is 1. The summed E-state index contributed by atoms with van der Waals surface area (Å²) in [6, 6.07) is 38.6. The molecule has 9 heteroatoms. The Morgan fingerprint density at radius 3 is 1.69 bits per heavy atom. The minimum Gasteiger partial charge on any atom is -0.467 e. The molecule has 0 saturated heterocycles. The lowest BCUT2D eigenvalue weighted by molar-refractivity contribution is -0.169. The Morgan fingerprint density at radius 1 is 0.771 bits per heavy atom. The van der Waals surface area contributed by atoms with Crippen LogP contribution in [0.5, 0.6) is 0 Å². The van der Waals surface area contributed by atoms with E-state index in [1.165, 1.54) is 12.0 Å². The third-order valence-electron chi connectivity index (χ3n) is 9.76. The van der Waals surface area contributed by atoms with Crippen molar-refractivity contribution in [3.05, 3.63) is 121 Å². The summed E-state index contributed by atoms with van der Waals surface area (Å²) in [7, 11) is 2.41. The van der Waals surface area contributed by atoms with Gasteiger partial charge in [-0.05, 0) is 40.9 Å². The SMILES string of the molecule is CCCCN1C(=O)[C@]2(c3ccccc31)C(C#N)(C#N)C(=O)C(=P(c1ccccc1)(c1ccccc1)c1ccccc1)[C@]2(OC)C(=O)OC. The van der Waals surface area contributed by atoms with Crippen LogP contribution in [0, 0.1) is 28.1 Å². The number of hydrogen-bond donors (Lipinski definition) is 0. The van der Waals surface area contributed by atoms with Crippen LogP contribution in [0.15, 0.2) is 115 Å². The highest BCUT2D eigenvalue weighted by atomic mass is 31.2. The maximum Gasteiger partial charge on any atom is 0.344 e. The number of para-hydroxylation sites is 1. The van der Waals surface area contributed by atoms with Gasteiger partial charge in [-0.3, -0.25) is 9.59 Å². The molecule has 4 aromatic rings. The van der Waals surface area contributed by atoms with E-state index in [2.05, 4.69) is 0 Å². The van der Waals surface area contributed by atoms with Gasteiger partial charge in [0.15, 0.2) is 11.2 Å². The highest BCUT2D eigenvalue weighted by molar-refractivity contribution is 7.96. The molecule has 0 aromatic heterocycles. The Bertz CT molecular complexity index is 1930. The van der Waals surface area contributed by atoms with Crippen molar-refractivity contribution in [2.45, 2.75) is 30.8 Å². The summed E-state index contributed by atoms with van der Waals surface area (Å²) in [4.78, 5) is 47.6. The number of methoxy groups -OCH3 is 2. The number of fused-ring (bicyclic) bond motifs is 2. The molecule has 0 radical (unpaired) electrons. The van der Waals surface area contributed by atoms with Crippen molar-refractivity contribution in [1.29, 1.82) is 10.5 Å². The van der Waals surface area contributed by atoms with Gasteiger partial charge in [0.2, 0.25) is 16.9 Å². The number of benzene rings is 4. The molecule has 2 aliphatic rings. The highest BCUT2D eigenvalue weighted by Crippen LogP contribution is 2.67. The predicted molar refractivity (Wildman–Crippen MR) is 186 cm³/mol. The Morgan fingerprint density at radius 2 is 1.25 bits per heavy atom. The largest absolute Gasteiger partial charge is 0.467 e. The zero-order valence-corrected chi connectivity index (χ0v) is 27.8. The smallest absolute Gasteiger partial charge is 0.344 e. The summed E-state index contributed by atoms with van der Waals surface area (Å²) in [5.41, 5.74) is -7.12. The average Bonchev–Trinajstić information content (AvgIpc) is 3.52. The van der Waals surface area contributed by atoms with Crippen molar-refractivity contribution >= 4 is 51.4 Å². The molecule has 8 nitrogen and oxygen atoms in total. The van der Waals surface area contributed by atoms with Crippen LogP contribution in [0.4, 0.5) is 5.69 Å². The van der Waals surface area contributed by atoms with Crippen LogP contribution < -0.4 is 20.8 Å². The number of carbonyl (C=O) groups is 3. The second-order valence-electron chi connectivity index (χ2n) is 11.8. The fourth-order valence-corrected chi connectivity index (χ4v) is 12.7. The van der Waals surface area contributed by atoms with Crippen molar-refractivity contribution in [2.75, 3.05) is 25.7 Å². The van der Waals surface area contributed by atoms with Gasteiger partial charge in [0.25, 0.3) is 0 Å². The van der Waals surface area contributed by atoms with Crippen LogP contribution in [-0.4, -0.2) is 49.3 Å². The van der Waals surface area contributed by atoms with E-state index in [9.17, 15) is 15.3 Å². The van der Waals surface area contributed by atoms with E-state index < -0.39 is 41.0 Å². The maximum atomic E-state index is 15.8. The first-order valence-corrected chi connectivity index (χ1v) is 17.5. The fourth-order valence-electron chi connectivity index (χ4n) is 7.84. The van der Waals surface area contributed by atoms with Crippen molar-refractivity contribution in [3.8, 4) is 12.1 Å². The molecule has 2 atom stereocenters. The number of nitriles is 2. The number of ether oxygens (including phenoxy) is 2. The number of rotatable bonds is 8. The summed E-state index contributed by atoms with van der Waals surface area (Å²) < 4.78 is 12.0. The number of amides is 1. The molecule has 48 heavy (non-hydrogen) atoms. The third-order valence-corrected chi connectivity index (χ3v) is 14.2. The second kappa shape index (κ2) is 12.4. The van der Waals surface area contributed by atoms with E-state index in [-0.39, 0.29) is 17.4 Å². The van der Waals surface area contributed by atoms with E-state index >= 15 is 9.59 Å². The van der Waals surface area contributed by atoms with E-state index in [0.717, 1.165) is 13.5 Å². The van der Waals surface area contributed by atoms with Gasteiger partial charge in [-0.15, -0.1) is 0 Å². The molecule has 0 N–H and O–H groups in total. The number of esters is 1. The summed E-state index contributed by atoms with van der Waals surface area (Å²) in [5.74, 6) is -2.72. The van der Waals surface area contributed by atoms with Crippen LogP contribution in [0.3, 0.4) is 0 Å². The van der Waals surface area contributed by atoms with Gasteiger partial charge in [0.1, 0.15) is 0 Å². The summed E-state index contributed by atoms with van der Waals surface area (Å²) in [5, 5.41) is 24.3. The van der Waals surface area contributed by atoms with Crippen LogP contribution in [0.1, 0.15) is 25.3 Å². The zero-order chi connectivity index (χ0) is 34.2. The number of ketones is 1. The van der Waals surface area contributed by atoms with Gasteiger partial charge in [-0.2, -0.15) is 10.5 Å². The molecule has 0 bridgehead atoms. The zero-order valence-electron chi connectivity index (χ0n) is 26.9. The summed E-state index contributed by atoms with van der Waals surface area (Å²) in [6.45, 7) is -1.34. The highest BCUT2D eigenvalue weighted by Gasteiger charge is 2.87. The fraction of sp³-hybridized carbons (Fsp3) is 0.231. The Balaban J connectivity index is 2.00.